The van der Waals surface area contributed by atoms with Gasteiger partial charge in [-0.05, 0) is 68.8 Å². The number of carbonyl (C=O) groups excluding carboxylic acids is 1. The van der Waals surface area contributed by atoms with E-state index in [4.69, 9.17) is 4.99 Å². The van der Waals surface area contributed by atoms with Crippen molar-refractivity contribution in [2.24, 2.45) is 4.99 Å². The number of nitrogens with one attached hydrogen (secondary N) is 1. The number of aryl methyl sites for hydroxylation is 1. The van der Waals surface area contributed by atoms with Crippen LogP contribution in [-0.2, 0) is 19.4 Å². The van der Waals surface area contributed by atoms with Crippen LogP contribution in [0, 0.1) is 10.1 Å². The zero-order valence-corrected chi connectivity index (χ0v) is 25.8. The average molecular weight is 615 g/mol. The molecule has 2 aromatic heterocycles. The van der Waals surface area contributed by atoms with Crippen LogP contribution in [0.5, 0.6) is 0 Å². The zero-order chi connectivity index (χ0) is 29.8. The van der Waals surface area contributed by atoms with Gasteiger partial charge in [-0.15, -0.1) is 21.5 Å². The molecule has 4 aromatic rings. The molecular weight excluding hydrogens is 581 g/mol. The Morgan fingerprint density at radius 3 is 2.67 bits per heavy atom. The summed E-state index contributed by atoms with van der Waals surface area (Å²) in [6, 6.07) is 14.9. The number of nitro groups is 1. The molecule has 9 nitrogen and oxygen atoms in total. The summed E-state index contributed by atoms with van der Waals surface area (Å²) < 4.78 is 2.03. The SMILES string of the molecule is CCn1c(Sc2ccc([N+](=O)[O-])cc2C=Nc2sc3c(c2C(=O)NC2CCCCC2)CCCC3)nnc1-c1ccccc1. The Morgan fingerprint density at radius 2 is 1.91 bits per heavy atom. The van der Waals surface area contributed by atoms with E-state index in [1.165, 1.54) is 35.2 Å². The molecule has 0 saturated heterocycles. The number of aromatic nitrogens is 3. The van der Waals surface area contributed by atoms with Crippen molar-refractivity contribution in [2.45, 2.75) is 87.3 Å². The first kappa shape index (κ1) is 29.3. The van der Waals surface area contributed by atoms with Gasteiger partial charge in [0.25, 0.3) is 11.6 Å². The maximum atomic E-state index is 13.6. The molecule has 1 fully saturated rings. The first-order valence-electron chi connectivity index (χ1n) is 15.0. The largest absolute Gasteiger partial charge is 0.349 e. The number of non-ortho nitro benzene ring substituents is 1. The van der Waals surface area contributed by atoms with Crippen LogP contribution in [0.25, 0.3) is 11.4 Å². The Hall–Kier alpha value is -3.83. The predicted octanol–water partition coefficient (Wildman–Crippen LogP) is 7.78. The minimum Gasteiger partial charge on any atom is -0.349 e. The number of nitrogens with zero attached hydrogens (tertiary/aromatic N) is 5. The van der Waals surface area contributed by atoms with Gasteiger partial charge in [0, 0.05) is 51.8 Å². The maximum Gasteiger partial charge on any atom is 0.270 e. The molecule has 0 bridgehead atoms. The summed E-state index contributed by atoms with van der Waals surface area (Å²) in [4.78, 5) is 31.8. The maximum absolute atomic E-state index is 13.6. The first-order chi connectivity index (χ1) is 21.0. The quantitative estimate of drug-likeness (QED) is 0.117. The smallest absolute Gasteiger partial charge is 0.270 e. The van der Waals surface area contributed by atoms with Gasteiger partial charge >= 0.3 is 0 Å². The van der Waals surface area contributed by atoms with E-state index >= 15 is 0 Å². The number of hydrogen-bond acceptors (Lipinski definition) is 8. The molecule has 2 aromatic carbocycles. The van der Waals surface area contributed by atoms with Gasteiger partial charge in [-0.1, -0.05) is 49.6 Å². The van der Waals surface area contributed by atoms with Crippen LogP contribution in [0.2, 0.25) is 0 Å². The number of hydrogen-bond donors (Lipinski definition) is 1. The van der Waals surface area contributed by atoms with Gasteiger partial charge in [-0.25, -0.2) is 4.99 Å². The molecule has 11 heteroatoms. The molecule has 0 unspecified atom stereocenters. The van der Waals surface area contributed by atoms with E-state index < -0.39 is 4.92 Å². The Bertz CT molecular complexity index is 1660. The number of benzene rings is 2. The molecule has 222 valence electrons. The molecule has 1 amide bonds. The van der Waals surface area contributed by atoms with Crippen molar-refractivity contribution in [3.8, 4) is 11.4 Å². The highest BCUT2D eigenvalue weighted by Crippen LogP contribution is 2.41. The topological polar surface area (TPSA) is 115 Å². The van der Waals surface area contributed by atoms with Gasteiger partial charge in [-0.3, -0.25) is 14.9 Å². The van der Waals surface area contributed by atoms with Gasteiger partial charge in [-0.2, -0.15) is 0 Å². The predicted molar refractivity (Wildman–Crippen MR) is 171 cm³/mol. The minimum absolute atomic E-state index is 0.0199. The van der Waals surface area contributed by atoms with Crippen LogP contribution in [-0.4, -0.2) is 37.9 Å². The molecule has 0 spiro atoms. The van der Waals surface area contributed by atoms with Crippen molar-refractivity contribution >= 4 is 45.9 Å². The van der Waals surface area contributed by atoms with E-state index in [9.17, 15) is 14.9 Å². The van der Waals surface area contributed by atoms with Gasteiger partial charge < -0.3 is 9.88 Å². The van der Waals surface area contributed by atoms with Crippen molar-refractivity contribution in [1.82, 2.24) is 20.1 Å². The lowest BCUT2D eigenvalue weighted by atomic mass is 9.93. The lowest BCUT2D eigenvalue weighted by Crippen LogP contribution is -2.36. The van der Waals surface area contributed by atoms with Gasteiger partial charge in [0.1, 0.15) is 5.00 Å². The third-order valence-corrected chi connectivity index (χ3v) is 10.4. The molecule has 6 rings (SSSR count). The van der Waals surface area contributed by atoms with E-state index in [2.05, 4.69) is 15.5 Å². The lowest BCUT2D eigenvalue weighted by Gasteiger charge is -2.23. The second-order valence-corrected chi connectivity index (χ2v) is 13.0. The highest BCUT2D eigenvalue weighted by Gasteiger charge is 2.27. The lowest BCUT2D eigenvalue weighted by molar-refractivity contribution is -0.384. The Kier molecular flexibility index (Phi) is 8.99. The Labute approximate surface area is 259 Å². The van der Waals surface area contributed by atoms with E-state index in [0.717, 1.165) is 73.2 Å². The molecule has 2 aliphatic carbocycles. The van der Waals surface area contributed by atoms with Crippen LogP contribution in [0.3, 0.4) is 0 Å². The molecule has 0 radical (unpaired) electrons. The summed E-state index contributed by atoms with van der Waals surface area (Å²) in [6.45, 7) is 2.70. The second-order valence-electron chi connectivity index (χ2n) is 11.0. The summed E-state index contributed by atoms with van der Waals surface area (Å²) in [7, 11) is 0. The van der Waals surface area contributed by atoms with E-state index in [1.54, 1.807) is 23.6 Å². The molecule has 1 saturated carbocycles. The fourth-order valence-electron chi connectivity index (χ4n) is 5.90. The summed E-state index contributed by atoms with van der Waals surface area (Å²) in [5.74, 6) is 0.720. The van der Waals surface area contributed by atoms with Crippen LogP contribution in [0.15, 0.2) is 63.6 Å². The number of thiophene rings is 1. The minimum atomic E-state index is -0.402. The number of rotatable bonds is 9. The van der Waals surface area contributed by atoms with Crippen molar-refractivity contribution in [3.05, 3.63) is 80.2 Å². The van der Waals surface area contributed by atoms with Crippen LogP contribution in [0.1, 0.15) is 78.2 Å². The average Bonchev–Trinajstić information content (AvgIpc) is 3.62. The second kappa shape index (κ2) is 13.2. The first-order valence-corrected chi connectivity index (χ1v) is 16.6. The van der Waals surface area contributed by atoms with Crippen LogP contribution >= 0.6 is 23.1 Å². The third kappa shape index (κ3) is 6.42. The Morgan fingerprint density at radius 1 is 1.12 bits per heavy atom. The van der Waals surface area contributed by atoms with Crippen LogP contribution in [0.4, 0.5) is 10.7 Å². The number of amides is 1. The number of carbonyl (C=O) groups is 1. The monoisotopic (exact) mass is 614 g/mol. The zero-order valence-electron chi connectivity index (χ0n) is 24.1. The molecule has 2 heterocycles. The Balaban J connectivity index is 1.34. The van der Waals surface area contributed by atoms with Gasteiger partial charge in [0.05, 0.1) is 10.5 Å². The molecule has 1 N–H and O–H groups in total. The van der Waals surface area contributed by atoms with Crippen molar-refractivity contribution < 1.29 is 9.72 Å². The number of nitro benzene ring substituents is 1. The van der Waals surface area contributed by atoms with E-state index in [-0.39, 0.29) is 17.6 Å². The summed E-state index contributed by atoms with van der Waals surface area (Å²) in [5, 5.41) is 25.2. The molecular formula is C32H34N6O3S2. The van der Waals surface area contributed by atoms with Crippen molar-refractivity contribution in [2.75, 3.05) is 0 Å². The van der Waals surface area contributed by atoms with Crippen molar-refractivity contribution in [1.29, 1.82) is 0 Å². The van der Waals surface area contributed by atoms with Gasteiger partial charge in [0.2, 0.25) is 0 Å². The summed E-state index contributed by atoms with van der Waals surface area (Å²) in [6.07, 6.45) is 11.2. The van der Waals surface area contributed by atoms with Gasteiger partial charge in [0.15, 0.2) is 11.0 Å². The van der Waals surface area contributed by atoms with Crippen molar-refractivity contribution in [3.63, 3.8) is 0 Å². The molecule has 43 heavy (non-hydrogen) atoms. The molecule has 0 aliphatic heterocycles. The molecule has 0 atom stereocenters. The normalized spacial score (nSPS) is 15.5. The molecule has 2 aliphatic rings. The number of aliphatic imine (C=N–C) groups is 1. The third-order valence-electron chi connectivity index (χ3n) is 8.11. The number of fused-ring (bicyclic) bond motifs is 1. The highest BCUT2D eigenvalue weighted by molar-refractivity contribution is 7.99. The standard InChI is InChI=1S/C32H34N6O3S2/c1-2-37-29(21-11-5-3-6-12-21)35-36-32(37)43-26-18-17-24(38(40)41)19-22(26)20-33-31-28(25-15-9-10-16-27(25)42-31)30(39)34-23-13-7-4-8-14-23/h3,5-6,11-12,17-20,23H,2,4,7-10,13-16H2,1H3,(H,34,39). The van der Waals surface area contributed by atoms with E-state index in [0.29, 0.717) is 27.8 Å². The van der Waals surface area contributed by atoms with E-state index in [1.807, 2.05) is 41.8 Å². The fraction of sp³-hybridized carbons (Fsp3) is 0.375. The van der Waals surface area contributed by atoms with Crippen LogP contribution < -0.4 is 5.32 Å². The fourth-order valence-corrected chi connectivity index (χ4v) is 8.10. The summed E-state index contributed by atoms with van der Waals surface area (Å²) >= 11 is 2.97. The highest BCUT2D eigenvalue weighted by atomic mass is 32.2. The summed E-state index contributed by atoms with van der Waals surface area (Å²) in [5.41, 5.74) is 3.34.